The minimum Gasteiger partial charge on any atom is -0.373 e. The Balaban J connectivity index is 1.67. The average Bonchev–Trinajstić information content (AvgIpc) is 2.91. The lowest BCUT2D eigenvalue weighted by atomic mass is 10.1. The molecule has 0 saturated heterocycles. The van der Waals surface area contributed by atoms with Crippen molar-refractivity contribution in [3.8, 4) is 0 Å². The molecule has 1 amide bonds. The van der Waals surface area contributed by atoms with Gasteiger partial charge in [-0.2, -0.15) is 0 Å². The number of fused-ring (bicyclic) bond motifs is 1. The topological polar surface area (TPSA) is 41.1 Å². The first kappa shape index (κ1) is 13.6. The highest BCUT2D eigenvalue weighted by atomic mass is 19.1. The van der Waals surface area contributed by atoms with Crippen molar-refractivity contribution >= 4 is 11.6 Å². The molecule has 0 saturated carbocycles. The molecule has 0 aromatic heterocycles. The van der Waals surface area contributed by atoms with Crippen LogP contribution < -0.4 is 10.6 Å². The molecule has 3 rings (SSSR count). The predicted molar refractivity (Wildman–Crippen MR) is 80.5 cm³/mol. The first-order valence-electron chi connectivity index (χ1n) is 7.04. The number of carbonyl (C=O) groups excluding carboxylic acids is 1. The molecular weight excluding hydrogens is 267 g/mol. The Bertz CT molecular complexity index is 646. The maximum absolute atomic E-state index is 13.7. The summed E-state index contributed by atoms with van der Waals surface area (Å²) in [5.74, 6) is -0.407. The van der Waals surface area contributed by atoms with E-state index < -0.39 is 0 Å². The van der Waals surface area contributed by atoms with Crippen LogP contribution in [0.5, 0.6) is 0 Å². The standard InChI is InChI=1S/C17H17FN2O/c1-11(13-7-3-4-8-14(13)18)19-17(21)16-10-12-6-2-5-9-15(12)20-16/h2-9,11,16,20H,10H2,1H3,(H,19,21)/t11?,16-/m0/s1. The van der Waals surface area contributed by atoms with E-state index in [0.717, 1.165) is 11.3 Å². The van der Waals surface area contributed by atoms with E-state index in [1.54, 1.807) is 25.1 Å². The Morgan fingerprint density at radius 2 is 1.95 bits per heavy atom. The molecular formula is C17H17FN2O. The van der Waals surface area contributed by atoms with Crippen molar-refractivity contribution in [3.05, 3.63) is 65.5 Å². The summed E-state index contributed by atoms with van der Waals surface area (Å²) in [5.41, 5.74) is 2.63. The van der Waals surface area contributed by atoms with Gasteiger partial charge in [0.15, 0.2) is 0 Å². The van der Waals surface area contributed by atoms with E-state index in [2.05, 4.69) is 10.6 Å². The molecule has 2 aromatic rings. The highest BCUT2D eigenvalue weighted by molar-refractivity contribution is 5.87. The summed E-state index contributed by atoms with van der Waals surface area (Å²) in [6.45, 7) is 1.79. The summed E-state index contributed by atoms with van der Waals surface area (Å²) in [4.78, 5) is 12.3. The quantitative estimate of drug-likeness (QED) is 0.909. The highest BCUT2D eigenvalue weighted by Crippen LogP contribution is 2.25. The van der Waals surface area contributed by atoms with Gasteiger partial charge >= 0.3 is 0 Å². The second-order valence-corrected chi connectivity index (χ2v) is 5.31. The van der Waals surface area contributed by atoms with Gasteiger partial charge in [0.2, 0.25) is 5.91 Å². The summed E-state index contributed by atoms with van der Waals surface area (Å²) in [6, 6.07) is 13.7. The molecule has 2 atom stereocenters. The van der Waals surface area contributed by atoms with E-state index in [9.17, 15) is 9.18 Å². The van der Waals surface area contributed by atoms with Gasteiger partial charge in [-0.1, -0.05) is 36.4 Å². The Labute approximate surface area is 123 Å². The second kappa shape index (κ2) is 5.56. The average molecular weight is 284 g/mol. The zero-order valence-corrected chi connectivity index (χ0v) is 11.8. The fourth-order valence-electron chi connectivity index (χ4n) is 2.67. The molecule has 3 nitrogen and oxygen atoms in total. The highest BCUT2D eigenvalue weighted by Gasteiger charge is 2.27. The number of carbonyl (C=O) groups is 1. The van der Waals surface area contributed by atoms with Crippen molar-refractivity contribution in [2.24, 2.45) is 0 Å². The van der Waals surface area contributed by atoms with Crippen molar-refractivity contribution < 1.29 is 9.18 Å². The van der Waals surface area contributed by atoms with Crippen molar-refractivity contribution in [1.29, 1.82) is 0 Å². The number of anilines is 1. The summed E-state index contributed by atoms with van der Waals surface area (Å²) >= 11 is 0. The Morgan fingerprint density at radius 1 is 1.24 bits per heavy atom. The summed E-state index contributed by atoms with van der Waals surface area (Å²) in [5, 5.41) is 6.07. The number of nitrogens with one attached hydrogen (secondary N) is 2. The maximum Gasteiger partial charge on any atom is 0.243 e. The first-order chi connectivity index (χ1) is 10.1. The summed E-state index contributed by atoms with van der Waals surface area (Å²) in [7, 11) is 0. The third-order valence-corrected chi connectivity index (χ3v) is 3.82. The third-order valence-electron chi connectivity index (χ3n) is 3.82. The lowest BCUT2D eigenvalue weighted by Gasteiger charge is -2.18. The van der Waals surface area contributed by atoms with E-state index in [4.69, 9.17) is 0 Å². The van der Waals surface area contributed by atoms with E-state index in [1.165, 1.54) is 6.07 Å². The second-order valence-electron chi connectivity index (χ2n) is 5.31. The Hall–Kier alpha value is -2.36. The molecule has 108 valence electrons. The summed E-state index contributed by atoms with van der Waals surface area (Å²) < 4.78 is 13.7. The molecule has 2 N–H and O–H groups in total. The van der Waals surface area contributed by atoms with Crippen molar-refractivity contribution in [2.75, 3.05) is 5.32 Å². The molecule has 0 bridgehead atoms. The third kappa shape index (κ3) is 2.75. The van der Waals surface area contributed by atoms with Crippen LogP contribution in [0.3, 0.4) is 0 Å². The van der Waals surface area contributed by atoms with Gasteiger partial charge in [0.1, 0.15) is 11.9 Å². The van der Waals surface area contributed by atoms with Crippen LogP contribution in [0.1, 0.15) is 24.1 Å². The van der Waals surface area contributed by atoms with Gasteiger partial charge in [-0.05, 0) is 24.6 Å². The normalized spacial score (nSPS) is 17.7. The number of benzene rings is 2. The molecule has 2 aromatic carbocycles. The molecule has 1 aliphatic heterocycles. The fourth-order valence-corrected chi connectivity index (χ4v) is 2.67. The van der Waals surface area contributed by atoms with Crippen molar-refractivity contribution in [3.63, 3.8) is 0 Å². The van der Waals surface area contributed by atoms with Crippen LogP contribution in [0.15, 0.2) is 48.5 Å². The SMILES string of the molecule is CC(NC(=O)[C@@H]1Cc2ccccc2N1)c1ccccc1F. The fraction of sp³-hybridized carbons (Fsp3) is 0.235. The zero-order chi connectivity index (χ0) is 14.8. The minimum atomic E-state index is -0.357. The van der Waals surface area contributed by atoms with Crippen LogP contribution in [-0.2, 0) is 11.2 Å². The smallest absolute Gasteiger partial charge is 0.243 e. The van der Waals surface area contributed by atoms with Crippen LogP contribution in [0.4, 0.5) is 10.1 Å². The van der Waals surface area contributed by atoms with Crippen molar-refractivity contribution in [2.45, 2.75) is 25.4 Å². The summed E-state index contributed by atoms with van der Waals surface area (Å²) in [6.07, 6.45) is 0.659. The number of amides is 1. The monoisotopic (exact) mass is 284 g/mol. The first-order valence-corrected chi connectivity index (χ1v) is 7.04. The number of hydrogen-bond acceptors (Lipinski definition) is 2. The predicted octanol–water partition coefficient (Wildman–Crippen LogP) is 3.04. The molecule has 1 heterocycles. The lowest BCUT2D eigenvalue weighted by Crippen LogP contribution is -2.39. The number of para-hydroxylation sites is 1. The van der Waals surface area contributed by atoms with E-state index in [-0.39, 0.29) is 23.8 Å². The zero-order valence-electron chi connectivity index (χ0n) is 11.8. The molecule has 0 fully saturated rings. The van der Waals surface area contributed by atoms with E-state index >= 15 is 0 Å². The molecule has 0 aliphatic carbocycles. The van der Waals surface area contributed by atoms with Crippen molar-refractivity contribution in [1.82, 2.24) is 5.32 Å². The molecule has 4 heteroatoms. The number of rotatable bonds is 3. The Kier molecular flexibility index (Phi) is 3.60. The van der Waals surface area contributed by atoms with Gasteiger partial charge in [0.05, 0.1) is 6.04 Å². The van der Waals surface area contributed by atoms with Gasteiger partial charge in [0.25, 0.3) is 0 Å². The molecule has 21 heavy (non-hydrogen) atoms. The van der Waals surface area contributed by atoms with Gasteiger partial charge < -0.3 is 10.6 Å². The number of halogens is 1. The molecule has 1 unspecified atom stereocenters. The molecule has 1 aliphatic rings. The Morgan fingerprint density at radius 3 is 2.71 bits per heavy atom. The van der Waals surface area contributed by atoms with Gasteiger partial charge in [-0.3, -0.25) is 4.79 Å². The lowest BCUT2D eigenvalue weighted by molar-refractivity contribution is -0.122. The van der Waals surface area contributed by atoms with Crippen LogP contribution in [0, 0.1) is 5.82 Å². The van der Waals surface area contributed by atoms with Crippen LogP contribution in [-0.4, -0.2) is 11.9 Å². The van der Waals surface area contributed by atoms with Crippen LogP contribution in [0.2, 0.25) is 0 Å². The van der Waals surface area contributed by atoms with Crippen LogP contribution >= 0.6 is 0 Å². The van der Waals surface area contributed by atoms with Gasteiger partial charge in [-0.15, -0.1) is 0 Å². The minimum absolute atomic E-state index is 0.109. The van der Waals surface area contributed by atoms with Gasteiger partial charge in [0, 0.05) is 17.7 Å². The maximum atomic E-state index is 13.7. The van der Waals surface area contributed by atoms with Crippen LogP contribution in [0.25, 0.3) is 0 Å². The van der Waals surface area contributed by atoms with E-state index in [0.29, 0.717) is 12.0 Å². The molecule has 0 radical (unpaired) electrons. The van der Waals surface area contributed by atoms with Gasteiger partial charge in [-0.25, -0.2) is 4.39 Å². The molecule has 0 spiro atoms. The largest absolute Gasteiger partial charge is 0.373 e. The number of hydrogen-bond donors (Lipinski definition) is 2. The van der Waals surface area contributed by atoms with E-state index in [1.807, 2.05) is 24.3 Å².